The van der Waals surface area contributed by atoms with E-state index in [1.807, 2.05) is 0 Å². The summed E-state index contributed by atoms with van der Waals surface area (Å²) in [7, 11) is -6.37. The maximum atomic E-state index is 14.2. The van der Waals surface area contributed by atoms with Crippen LogP contribution in [0.5, 0.6) is 0 Å². The fourth-order valence-electron chi connectivity index (χ4n) is 4.26. The molecule has 0 radical (unpaired) electrons. The Labute approximate surface area is 275 Å². The molecule has 2 N–H and O–H groups in total. The van der Waals surface area contributed by atoms with Gasteiger partial charge < -0.3 is 10.5 Å². The van der Waals surface area contributed by atoms with Crippen LogP contribution in [-0.4, -0.2) is 54.8 Å². The van der Waals surface area contributed by atoms with E-state index < -0.39 is 55.1 Å². The summed E-state index contributed by atoms with van der Waals surface area (Å²) >= 11 is 0. The molecule has 0 aromatic heterocycles. The largest absolute Gasteiger partial charge is 0.465 e. The summed E-state index contributed by atoms with van der Waals surface area (Å²) < 4.78 is 109. The van der Waals surface area contributed by atoms with Crippen molar-refractivity contribution in [1.82, 2.24) is 0 Å². The lowest BCUT2D eigenvalue weighted by molar-refractivity contribution is 0.0600. The number of Topliss-reactive ketones (excluding diaryl/α,β-unsaturated/α-hetero) is 1. The maximum absolute atomic E-state index is 14.2. The SMILES string of the molecule is COC(=O)c1ccc(CN(c2cccc(F)c2)S(C)(=O)=O)c(F)c1.CS(=O)(=O)N(Cc1ccc(C(=O)CN)cc1F)c1cccc(F)c1. The van der Waals surface area contributed by atoms with E-state index in [0.29, 0.717) is 0 Å². The highest BCUT2D eigenvalue weighted by atomic mass is 32.2. The molecule has 4 rings (SSSR count). The lowest BCUT2D eigenvalue weighted by Crippen LogP contribution is -2.29. The van der Waals surface area contributed by atoms with Crippen LogP contribution in [0.25, 0.3) is 0 Å². The normalized spacial score (nSPS) is 11.2. The molecule has 0 aliphatic carbocycles. The van der Waals surface area contributed by atoms with E-state index in [4.69, 9.17) is 5.73 Å². The van der Waals surface area contributed by atoms with Crippen LogP contribution in [0.2, 0.25) is 0 Å². The second kappa shape index (κ2) is 15.9. The zero-order valence-corrected chi connectivity index (χ0v) is 27.5. The van der Waals surface area contributed by atoms with Crippen LogP contribution in [0, 0.1) is 23.3 Å². The number of esters is 1. The van der Waals surface area contributed by atoms with E-state index in [-0.39, 0.29) is 53.3 Å². The van der Waals surface area contributed by atoms with E-state index in [9.17, 15) is 44.0 Å². The average Bonchev–Trinajstić information content (AvgIpc) is 3.01. The van der Waals surface area contributed by atoms with Crippen LogP contribution < -0.4 is 14.3 Å². The molecule has 0 saturated carbocycles. The molecule has 0 bridgehead atoms. The van der Waals surface area contributed by atoms with Gasteiger partial charge in [0.25, 0.3) is 0 Å². The Morgan fingerprint density at radius 3 is 1.44 bits per heavy atom. The lowest BCUT2D eigenvalue weighted by atomic mass is 10.1. The minimum atomic E-state index is -3.77. The number of carbonyl (C=O) groups excluding carboxylic acids is 2. The predicted octanol–water partition coefficient (Wildman–Crippen LogP) is 4.79. The molecule has 0 spiro atoms. The van der Waals surface area contributed by atoms with Gasteiger partial charge in [-0.1, -0.05) is 30.3 Å². The van der Waals surface area contributed by atoms with E-state index in [1.165, 1.54) is 67.8 Å². The van der Waals surface area contributed by atoms with Gasteiger partial charge in [0.15, 0.2) is 5.78 Å². The molecule has 0 atom stereocenters. The standard InChI is InChI=1S/C16H16F2N2O3S.C16H15F2NO4S/c1-24(22,23)20(14-4-2-3-13(17)8-14)10-12-6-5-11(7-15(12)18)16(21)9-19;1-23-16(20)11-6-7-12(15(18)8-11)10-19(24(2,21)22)14-5-3-4-13(17)9-14/h2-8H,9-10,19H2,1H3;3-9H,10H2,1-2H3. The molecule has 0 unspecified atom stereocenters. The molecular weight excluding hydrogens is 678 g/mol. The Hall–Kier alpha value is -4.80. The van der Waals surface area contributed by atoms with Gasteiger partial charge in [0.1, 0.15) is 23.3 Å². The Bertz CT molecular complexity index is 1880. The van der Waals surface area contributed by atoms with Crippen LogP contribution in [0.1, 0.15) is 31.8 Å². The monoisotopic (exact) mass is 709 g/mol. The fraction of sp³-hybridized carbons (Fsp3) is 0.188. The van der Waals surface area contributed by atoms with Crippen molar-refractivity contribution in [2.75, 3.05) is 34.8 Å². The first-order valence-corrected chi connectivity index (χ1v) is 17.5. The number of anilines is 2. The number of ether oxygens (including phenoxy) is 1. The van der Waals surface area contributed by atoms with Crippen molar-refractivity contribution in [3.8, 4) is 0 Å². The van der Waals surface area contributed by atoms with Crippen molar-refractivity contribution in [3.05, 3.63) is 130 Å². The predicted molar refractivity (Wildman–Crippen MR) is 172 cm³/mol. The topological polar surface area (TPSA) is 144 Å². The number of nitrogens with two attached hydrogens (primary N) is 1. The van der Waals surface area contributed by atoms with Gasteiger partial charge in [-0.2, -0.15) is 0 Å². The van der Waals surface area contributed by atoms with E-state index in [2.05, 4.69) is 4.74 Å². The van der Waals surface area contributed by atoms with Gasteiger partial charge in [-0.3, -0.25) is 13.4 Å². The molecule has 0 saturated heterocycles. The summed E-state index contributed by atoms with van der Waals surface area (Å²) in [6.07, 6.45) is 1.89. The second-order valence-electron chi connectivity index (χ2n) is 10.2. The Balaban J connectivity index is 0.000000260. The highest BCUT2D eigenvalue weighted by molar-refractivity contribution is 7.92. The van der Waals surface area contributed by atoms with Gasteiger partial charge in [-0.15, -0.1) is 0 Å². The van der Waals surface area contributed by atoms with Crippen molar-refractivity contribution < 1.29 is 48.7 Å². The van der Waals surface area contributed by atoms with Gasteiger partial charge in [-0.05, 0) is 54.6 Å². The molecule has 256 valence electrons. The smallest absolute Gasteiger partial charge is 0.337 e. The number of hydrogen-bond donors (Lipinski definition) is 1. The van der Waals surface area contributed by atoms with Gasteiger partial charge in [0.05, 0.1) is 56.2 Å². The number of sulfonamides is 2. The molecule has 16 heteroatoms. The summed E-state index contributed by atoms with van der Waals surface area (Å²) in [5.74, 6) is -3.84. The molecule has 0 aliphatic rings. The molecule has 4 aromatic rings. The Morgan fingerprint density at radius 2 is 1.08 bits per heavy atom. The molecule has 0 heterocycles. The van der Waals surface area contributed by atoms with E-state index in [0.717, 1.165) is 45.4 Å². The number of benzene rings is 4. The summed E-state index contributed by atoms with van der Waals surface area (Å²) in [6, 6.07) is 17.3. The summed E-state index contributed by atoms with van der Waals surface area (Å²) in [6.45, 7) is -0.918. The molecule has 0 aliphatic heterocycles. The Morgan fingerprint density at radius 1 is 0.667 bits per heavy atom. The molecule has 48 heavy (non-hydrogen) atoms. The molecule has 0 fully saturated rings. The van der Waals surface area contributed by atoms with Crippen LogP contribution in [0.15, 0.2) is 84.9 Å². The van der Waals surface area contributed by atoms with E-state index in [1.54, 1.807) is 0 Å². The first kappa shape index (κ1) is 37.7. The van der Waals surface area contributed by atoms with Crippen LogP contribution >= 0.6 is 0 Å². The highest BCUT2D eigenvalue weighted by Gasteiger charge is 2.22. The molecule has 4 aromatic carbocycles. The third-order valence-electron chi connectivity index (χ3n) is 6.66. The minimum Gasteiger partial charge on any atom is -0.465 e. The van der Waals surface area contributed by atoms with Gasteiger partial charge in [0, 0.05) is 16.7 Å². The van der Waals surface area contributed by atoms with Crippen molar-refractivity contribution in [2.45, 2.75) is 13.1 Å². The minimum absolute atomic E-state index is 0.00964. The molecule has 0 amide bonds. The third kappa shape index (κ3) is 10.1. The molecule has 10 nitrogen and oxygen atoms in total. The van der Waals surface area contributed by atoms with Crippen molar-refractivity contribution in [3.63, 3.8) is 0 Å². The number of halogens is 4. The van der Waals surface area contributed by atoms with Crippen molar-refractivity contribution in [2.24, 2.45) is 5.73 Å². The summed E-state index contributed by atoms with van der Waals surface area (Å²) in [5, 5.41) is 0. The maximum Gasteiger partial charge on any atom is 0.337 e. The van der Waals surface area contributed by atoms with Gasteiger partial charge in [0.2, 0.25) is 20.0 Å². The second-order valence-corrected chi connectivity index (χ2v) is 14.0. The van der Waals surface area contributed by atoms with Gasteiger partial charge in [-0.25, -0.2) is 39.2 Å². The van der Waals surface area contributed by atoms with Crippen LogP contribution in [-0.2, 0) is 37.9 Å². The number of rotatable bonds is 11. The molecular formula is C32H31F4N3O7S2. The number of methoxy groups -OCH3 is 1. The number of nitrogens with zero attached hydrogens (tertiary/aromatic N) is 2. The fourth-order valence-corrected chi connectivity index (χ4v) is 6.00. The third-order valence-corrected chi connectivity index (χ3v) is 8.94. The summed E-state index contributed by atoms with van der Waals surface area (Å²) in [5.41, 5.74) is 5.59. The zero-order chi connectivity index (χ0) is 35.8. The number of hydrogen-bond acceptors (Lipinski definition) is 8. The quantitative estimate of drug-likeness (QED) is 0.133. The first-order chi connectivity index (χ1) is 22.4. The van der Waals surface area contributed by atoms with Crippen LogP contribution in [0.3, 0.4) is 0 Å². The number of ketones is 1. The summed E-state index contributed by atoms with van der Waals surface area (Å²) in [4.78, 5) is 22.9. The van der Waals surface area contributed by atoms with E-state index >= 15 is 0 Å². The Kier molecular flexibility index (Phi) is 12.4. The average molecular weight is 710 g/mol. The van der Waals surface area contributed by atoms with Crippen molar-refractivity contribution in [1.29, 1.82) is 0 Å². The van der Waals surface area contributed by atoms with Gasteiger partial charge >= 0.3 is 5.97 Å². The number of carbonyl (C=O) groups is 2. The van der Waals surface area contributed by atoms with Crippen molar-refractivity contribution >= 4 is 43.2 Å². The highest BCUT2D eigenvalue weighted by Crippen LogP contribution is 2.24. The lowest BCUT2D eigenvalue weighted by Gasteiger charge is -2.23. The first-order valence-electron chi connectivity index (χ1n) is 13.8. The van der Waals surface area contributed by atoms with Crippen LogP contribution in [0.4, 0.5) is 28.9 Å². The zero-order valence-electron chi connectivity index (χ0n) is 25.9.